The lowest BCUT2D eigenvalue weighted by atomic mass is 9.85. The van der Waals surface area contributed by atoms with Gasteiger partial charge in [-0.3, -0.25) is 9.59 Å². The number of aliphatic hydroxyl groups excluding tert-OH is 1. The van der Waals surface area contributed by atoms with Crippen LogP contribution in [0.15, 0.2) is 29.2 Å². The third-order valence-corrected chi connectivity index (χ3v) is 6.51. The van der Waals surface area contributed by atoms with Gasteiger partial charge in [0.1, 0.15) is 0 Å². The van der Waals surface area contributed by atoms with Gasteiger partial charge >= 0.3 is 0 Å². The highest BCUT2D eigenvalue weighted by molar-refractivity contribution is 6.01. The number of carbonyl (C=O) groups is 1. The Morgan fingerprint density at radius 2 is 1.86 bits per heavy atom. The standard InChI is InChI=1S/C24H30N2O3/c1-14(2)21-9-17-10-22(25-7-5-18(28)6-8-25)19(16(4)27)11-20(17)23-12-24(29)15(3)13-26(21)23/h10-14,18,21,28H,5-9H2,1-4H3. The molecule has 4 rings (SSSR count). The summed E-state index contributed by atoms with van der Waals surface area (Å²) in [4.78, 5) is 27.2. The van der Waals surface area contributed by atoms with Crippen molar-refractivity contribution in [3.8, 4) is 11.3 Å². The van der Waals surface area contributed by atoms with Crippen molar-refractivity contribution in [2.45, 2.75) is 59.1 Å². The number of nitrogens with zero attached hydrogens (tertiary/aromatic N) is 2. The predicted molar refractivity (Wildman–Crippen MR) is 116 cm³/mol. The maximum atomic E-state index is 12.5. The van der Waals surface area contributed by atoms with E-state index in [2.05, 4.69) is 29.4 Å². The molecule has 0 bridgehead atoms. The van der Waals surface area contributed by atoms with Crippen LogP contribution in [0.25, 0.3) is 11.3 Å². The summed E-state index contributed by atoms with van der Waals surface area (Å²) in [6.45, 7) is 9.39. The lowest BCUT2D eigenvalue weighted by Crippen LogP contribution is -2.37. The number of Topliss-reactive ketones (excluding diaryl/α,β-unsaturated/α-hetero) is 1. The monoisotopic (exact) mass is 394 g/mol. The normalized spacial score (nSPS) is 19.2. The van der Waals surface area contributed by atoms with E-state index in [4.69, 9.17) is 0 Å². The van der Waals surface area contributed by atoms with Crippen molar-refractivity contribution < 1.29 is 9.90 Å². The zero-order chi connectivity index (χ0) is 20.9. The van der Waals surface area contributed by atoms with E-state index >= 15 is 0 Å². The Kier molecular flexibility index (Phi) is 5.11. The third kappa shape index (κ3) is 3.52. The van der Waals surface area contributed by atoms with Crippen LogP contribution in [0.3, 0.4) is 0 Å². The number of carbonyl (C=O) groups excluding carboxylic acids is 1. The third-order valence-electron chi connectivity index (χ3n) is 6.51. The van der Waals surface area contributed by atoms with E-state index in [1.807, 2.05) is 19.2 Å². The summed E-state index contributed by atoms with van der Waals surface area (Å²) in [6, 6.07) is 6.14. The molecule has 0 saturated carbocycles. The van der Waals surface area contributed by atoms with Crippen LogP contribution in [0.5, 0.6) is 0 Å². The maximum Gasteiger partial charge on any atom is 0.185 e. The number of aromatic nitrogens is 1. The van der Waals surface area contributed by atoms with Crippen LogP contribution in [0.4, 0.5) is 5.69 Å². The molecule has 1 unspecified atom stereocenters. The fourth-order valence-electron chi connectivity index (χ4n) is 4.72. The smallest absolute Gasteiger partial charge is 0.185 e. The molecule has 154 valence electrons. The Morgan fingerprint density at radius 3 is 2.48 bits per heavy atom. The van der Waals surface area contributed by atoms with Crippen LogP contribution in [0.2, 0.25) is 0 Å². The first-order valence-electron chi connectivity index (χ1n) is 10.6. The van der Waals surface area contributed by atoms with Crippen molar-refractivity contribution in [3.05, 3.63) is 51.3 Å². The van der Waals surface area contributed by atoms with Crippen LogP contribution >= 0.6 is 0 Å². The number of aryl methyl sites for hydroxylation is 1. The molecule has 1 saturated heterocycles. The van der Waals surface area contributed by atoms with Crippen molar-refractivity contribution in [2.75, 3.05) is 18.0 Å². The molecule has 2 aromatic rings. The molecular weight excluding hydrogens is 364 g/mol. The Hall–Kier alpha value is -2.40. The topological polar surface area (TPSA) is 62.5 Å². The molecular formula is C24H30N2O3. The number of ketones is 1. The minimum Gasteiger partial charge on any atom is -0.393 e. The molecule has 1 atom stereocenters. The number of piperidine rings is 1. The second kappa shape index (κ2) is 7.45. The number of rotatable bonds is 3. The lowest BCUT2D eigenvalue weighted by Gasteiger charge is -2.36. The highest BCUT2D eigenvalue weighted by Gasteiger charge is 2.29. The average Bonchev–Trinajstić information content (AvgIpc) is 2.68. The molecule has 0 radical (unpaired) electrons. The minimum atomic E-state index is -0.253. The van der Waals surface area contributed by atoms with E-state index in [1.165, 1.54) is 5.56 Å². The van der Waals surface area contributed by atoms with E-state index in [1.54, 1.807) is 13.0 Å². The fraction of sp³-hybridized carbons (Fsp3) is 0.500. The summed E-state index contributed by atoms with van der Waals surface area (Å²) in [6.07, 6.45) is 4.04. The van der Waals surface area contributed by atoms with Gasteiger partial charge in [-0.15, -0.1) is 0 Å². The summed E-state index contributed by atoms with van der Waals surface area (Å²) < 4.78 is 2.23. The van der Waals surface area contributed by atoms with E-state index < -0.39 is 0 Å². The number of fused-ring (bicyclic) bond motifs is 3. The Balaban J connectivity index is 1.90. The highest BCUT2D eigenvalue weighted by atomic mass is 16.3. The second-order valence-electron chi connectivity index (χ2n) is 8.93. The number of aliphatic hydroxyl groups is 1. The zero-order valence-corrected chi connectivity index (χ0v) is 17.7. The summed E-state index contributed by atoms with van der Waals surface area (Å²) in [5.74, 6) is 0.450. The Morgan fingerprint density at radius 1 is 1.17 bits per heavy atom. The number of pyridine rings is 1. The van der Waals surface area contributed by atoms with Gasteiger partial charge in [-0.2, -0.15) is 0 Å². The first-order chi connectivity index (χ1) is 13.8. The molecule has 0 aliphatic carbocycles. The number of anilines is 1. The number of hydrogen-bond donors (Lipinski definition) is 1. The molecule has 1 N–H and O–H groups in total. The van der Waals surface area contributed by atoms with Crippen molar-refractivity contribution >= 4 is 11.5 Å². The van der Waals surface area contributed by atoms with Gasteiger partial charge in [0.15, 0.2) is 11.2 Å². The Bertz CT molecular complexity index is 1010. The number of hydrogen-bond acceptors (Lipinski definition) is 4. The molecule has 1 fully saturated rings. The first-order valence-corrected chi connectivity index (χ1v) is 10.6. The Labute approximate surface area is 172 Å². The summed E-state index contributed by atoms with van der Waals surface area (Å²) in [7, 11) is 0. The van der Waals surface area contributed by atoms with Gasteiger partial charge in [0, 0.05) is 53.8 Å². The van der Waals surface area contributed by atoms with Crippen molar-refractivity contribution in [3.63, 3.8) is 0 Å². The van der Waals surface area contributed by atoms with E-state index in [0.717, 1.165) is 54.9 Å². The van der Waals surface area contributed by atoms with Crippen LogP contribution in [0.1, 0.15) is 61.1 Å². The van der Waals surface area contributed by atoms with Gasteiger partial charge in [0.05, 0.1) is 11.8 Å². The minimum absolute atomic E-state index is 0.0286. The van der Waals surface area contributed by atoms with Gasteiger partial charge in [-0.05, 0) is 56.7 Å². The molecule has 5 nitrogen and oxygen atoms in total. The molecule has 2 aliphatic heterocycles. The number of benzene rings is 1. The second-order valence-corrected chi connectivity index (χ2v) is 8.93. The van der Waals surface area contributed by atoms with Crippen molar-refractivity contribution in [1.82, 2.24) is 4.57 Å². The zero-order valence-electron chi connectivity index (χ0n) is 17.7. The molecule has 29 heavy (non-hydrogen) atoms. The van der Waals surface area contributed by atoms with E-state index in [-0.39, 0.29) is 23.4 Å². The van der Waals surface area contributed by atoms with Gasteiger partial charge in [-0.1, -0.05) is 13.8 Å². The van der Waals surface area contributed by atoms with Crippen LogP contribution in [-0.2, 0) is 6.42 Å². The van der Waals surface area contributed by atoms with Crippen molar-refractivity contribution in [2.24, 2.45) is 5.92 Å². The summed E-state index contributed by atoms with van der Waals surface area (Å²) in [5.41, 5.74) is 5.53. The lowest BCUT2D eigenvalue weighted by molar-refractivity contribution is 0.101. The van der Waals surface area contributed by atoms with Gasteiger partial charge in [-0.25, -0.2) is 0 Å². The highest BCUT2D eigenvalue weighted by Crippen LogP contribution is 2.41. The van der Waals surface area contributed by atoms with Crippen LogP contribution in [-0.4, -0.2) is 34.7 Å². The maximum absolute atomic E-state index is 12.5. The molecule has 1 aromatic heterocycles. The van der Waals surface area contributed by atoms with E-state index in [0.29, 0.717) is 11.5 Å². The van der Waals surface area contributed by atoms with Gasteiger partial charge in [0.25, 0.3) is 0 Å². The molecule has 3 heterocycles. The molecule has 2 aliphatic rings. The fourth-order valence-corrected chi connectivity index (χ4v) is 4.72. The average molecular weight is 395 g/mol. The largest absolute Gasteiger partial charge is 0.393 e. The quantitative estimate of drug-likeness (QED) is 0.806. The molecule has 0 amide bonds. The summed E-state index contributed by atoms with van der Waals surface area (Å²) >= 11 is 0. The van der Waals surface area contributed by atoms with Gasteiger partial charge < -0.3 is 14.6 Å². The molecule has 1 aromatic carbocycles. The predicted octanol–water partition coefficient (Wildman–Crippen LogP) is 3.74. The van der Waals surface area contributed by atoms with Crippen LogP contribution in [0, 0.1) is 12.8 Å². The first kappa shape index (κ1) is 19.9. The van der Waals surface area contributed by atoms with Crippen molar-refractivity contribution in [1.29, 1.82) is 0 Å². The van der Waals surface area contributed by atoms with Crippen LogP contribution < -0.4 is 10.3 Å². The molecule has 0 spiro atoms. The summed E-state index contributed by atoms with van der Waals surface area (Å²) in [5, 5.41) is 9.87. The molecule has 5 heteroatoms. The SMILES string of the molecule is CC(=O)c1cc2c(cc1N1CCC(O)CC1)CC(C(C)C)n1cc(C)c(=O)cc1-2. The van der Waals surface area contributed by atoms with E-state index in [9.17, 15) is 14.7 Å². The van der Waals surface area contributed by atoms with Gasteiger partial charge in [0.2, 0.25) is 0 Å².